The lowest BCUT2D eigenvalue weighted by molar-refractivity contribution is -0.117. The van der Waals surface area contributed by atoms with Crippen LogP contribution in [0.15, 0.2) is 72.3 Å². The molecular formula is C26H25N3O. The van der Waals surface area contributed by atoms with Crippen molar-refractivity contribution in [2.24, 2.45) is 0 Å². The summed E-state index contributed by atoms with van der Waals surface area (Å²) in [6.45, 7) is 4.06. The topological polar surface area (TPSA) is 56.1 Å². The molecule has 0 spiro atoms. The van der Waals surface area contributed by atoms with Gasteiger partial charge in [0.25, 0.3) is 5.91 Å². The summed E-state index contributed by atoms with van der Waals surface area (Å²) in [5.74, 6) is -0.360. The molecule has 3 aromatic rings. The summed E-state index contributed by atoms with van der Waals surface area (Å²) in [5, 5.41) is 14.8. The second-order valence-electron chi connectivity index (χ2n) is 7.69. The first-order chi connectivity index (χ1) is 14.7. The minimum atomic E-state index is -0.360. The van der Waals surface area contributed by atoms with Crippen LogP contribution in [0.5, 0.6) is 0 Å². The van der Waals surface area contributed by atoms with Gasteiger partial charge in [0, 0.05) is 24.2 Å². The van der Waals surface area contributed by atoms with E-state index in [9.17, 15) is 10.1 Å². The van der Waals surface area contributed by atoms with Crippen molar-refractivity contribution in [1.82, 2.24) is 5.32 Å². The molecule has 0 radical (unpaired) electrons. The molecule has 1 N–H and O–H groups in total. The second-order valence-corrected chi connectivity index (χ2v) is 7.69. The molecule has 1 aliphatic rings. The van der Waals surface area contributed by atoms with Gasteiger partial charge in [-0.2, -0.15) is 5.26 Å². The highest BCUT2D eigenvalue weighted by molar-refractivity contribution is 6.06. The van der Waals surface area contributed by atoms with Crippen molar-refractivity contribution in [2.75, 3.05) is 18.0 Å². The van der Waals surface area contributed by atoms with Crippen molar-refractivity contribution in [2.45, 2.75) is 25.8 Å². The van der Waals surface area contributed by atoms with E-state index in [1.54, 1.807) is 6.08 Å². The minimum Gasteiger partial charge on any atom is -0.371 e. The van der Waals surface area contributed by atoms with Crippen LogP contribution in [0.1, 0.15) is 36.9 Å². The molecule has 1 aliphatic heterocycles. The number of hydrogen-bond donors (Lipinski definition) is 1. The van der Waals surface area contributed by atoms with E-state index in [4.69, 9.17) is 0 Å². The number of nitriles is 1. The lowest BCUT2D eigenvalue weighted by Gasteiger charge is -2.20. The monoisotopic (exact) mass is 395 g/mol. The highest BCUT2D eigenvalue weighted by Gasteiger charge is 2.17. The van der Waals surface area contributed by atoms with Gasteiger partial charge < -0.3 is 10.2 Å². The van der Waals surface area contributed by atoms with E-state index in [1.165, 1.54) is 18.5 Å². The van der Waals surface area contributed by atoms with Gasteiger partial charge in [0.2, 0.25) is 0 Å². The lowest BCUT2D eigenvalue weighted by atomic mass is 10.00. The fourth-order valence-corrected chi connectivity index (χ4v) is 4.07. The van der Waals surface area contributed by atoms with Crippen molar-refractivity contribution >= 4 is 28.4 Å². The molecule has 0 bridgehead atoms. The maximum absolute atomic E-state index is 12.8. The normalized spacial score (nSPS) is 15.1. The van der Waals surface area contributed by atoms with Gasteiger partial charge in [-0.1, -0.05) is 60.7 Å². The fraction of sp³-hybridized carbons (Fsp3) is 0.231. The van der Waals surface area contributed by atoms with Crippen LogP contribution < -0.4 is 10.2 Å². The number of nitrogens with zero attached hydrogens (tertiary/aromatic N) is 2. The van der Waals surface area contributed by atoms with Crippen LogP contribution in [0.2, 0.25) is 0 Å². The Morgan fingerprint density at radius 2 is 1.67 bits per heavy atom. The fourth-order valence-electron chi connectivity index (χ4n) is 4.07. The number of fused-ring (bicyclic) bond motifs is 1. The van der Waals surface area contributed by atoms with Crippen LogP contribution in [0.25, 0.3) is 16.8 Å². The van der Waals surface area contributed by atoms with Crippen LogP contribution in [-0.4, -0.2) is 19.0 Å². The third-order valence-corrected chi connectivity index (χ3v) is 5.69. The number of anilines is 1. The predicted octanol–water partition coefficient (Wildman–Crippen LogP) is 5.22. The van der Waals surface area contributed by atoms with Crippen molar-refractivity contribution in [3.8, 4) is 6.07 Å². The number of amides is 1. The Morgan fingerprint density at radius 1 is 1.00 bits per heavy atom. The van der Waals surface area contributed by atoms with E-state index in [2.05, 4.69) is 34.5 Å². The van der Waals surface area contributed by atoms with Crippen LogP contribution >= 0.6 is 0 Å². The lowest BCUT2D eigenvalue weighted by Crippen LogP contribution is -2.27. The third-order valence-electron chi connectivity index (χ3n) is 5.69. The van der Waals surface area contributed by atoms with Crippen LogP contribution in [0, 0.1) is 11.3 Å². The van der Waals surface area contributed by atoms with Gasteiger partial charge in [-0.15, -0.1) is 0 Å². The molecule has 4 nitrogen and oxygen atoms in total. The molecule has 3 aromatic carbocycles. The van der Waals surface area contributed by atoms with Crippen molar-refractivity contribution in [1.29, 1.82) is 5.26 Å². The summed E-state index contributed by atoms with van der Waals surface area (Å²) >= 11 is 0. The molecule has 0 unspecified atom stereocenters. The Balaban J connectivity index is 1.65. The highest BCUT2D eigenvalue weighted by Crippen LogP contribution is 2.32. The zero-order chi connectivity index (χ0) is 20.9. The minimum absolute atomic E-state index is 0.108. The Kier molecular flexibility index (Phi) is 5.81. The van der Waals surface area contributed by atoms with Crippen LogP contribution in [0.3, 0.4) is 0 Å². The van der Waals surface area contributed by atoms with Gasteiger partial charge in [-0.05, 0) is 48.4 Å². The van der Waals surface area contributed by atoms with E-state index >= 15 is 0 Å². The Morgan fingerprint density at radius 3 is 2.37 bits per heavy atom. The summed E-state index contributed by atoms with van der Waals surface area (Å²) in [6, 6.07) is 24.0. The first kappa shape index (κ1) is 19.7. The van der Waals surface area contributed by atoms with Gasteiger partial charge in [0.1, 0.15) is 11.6 Å². The maximum atomic E-state index is 12.8. The van der Waals surface area contributed by atoms with E-state index in [0.29, 0.717) is 0 Å². The molecule has 0 aliphatic carbocycles. The number of hydrogen-bond acceptors (Lipinski definition) is 3. The van der Waals surface area contributed by atoms with Crippen molar-refractivity contribution in [3.05, 3.63) is 83.4 Å². The molecule has 4 rings (SSSR count). The number of nitrogens with one attached hydrogen (secondary N) is 1. The molecular weight excluding hydrogens is 370 g/mol. The van der Waals surface area contributed by atoms with Gasteiger partial charge in [-0.3, -0.25) is 4.79 Å². The molecule has 1 saturated heterocycles. The Hall–Kier alpha value is -3.58. The average molecular weight is 396 g/mol. The summed E-state index contributed by atoms with van der Waals surface area (Å²) in [4.78, 5) is 15.2. The van der Waals surface area contributed by atoms with Gasteiger partial charge >= 0.3 is 0 Å². The largest absolute Gasteiger partial charge is 0.371 e. The standard InChI is InChI=1S/C26H25N3O/c1-19(20-9-3-2-4-10-20)28-26(30)22(18-27)17-21-13-14-25(29-15-7-8-16-29)24-12-6-5-11-23(21)24/h2-6,9-14,17,19H,7-8,15-16H2,1H3,(H,28,30)/b22-17-/t19-/m0/s1. The quantitative estimate of drug-likeness (QED) is 0.476. The zero-order valence-electron chi connectivity index (χ0n) is 17.1. The summed E-state index contributed by atoms with van der Waals surface area (Å²) in [6.07, 6.45) is 4.13. The highest BCUT2D eigenvalue weighted by atomic mass is 16.1. The zero-order valence-corrected chi connectivity index (χ0v) is 17.1. The molecule has 0 saturated carbocycles. The van der Waals surface area contributed by atoms with E-state index in [0.717, 1.165) is 35.0 Å². The van der Waals surface area contributed by atoms with Crippen molar-refractivity contribution in [3.63, 3.8) is 0 Å². The van der Waals surface area contributed by atoms with E-state index in [-0.39, 0.29) is 17.5 Å². The smallest absolute Gasteiger partial charge is 0.262 e. The summed E-state index contributed by atoms with van der Waals surface area (Å²) in [5.41, 5.74) is 3.22. The SMILES string of the molecule is C[C@H](NC(=O)/C(C#N)=C\c1ccc(N2CCCC2)c2ccccc12)c1ccccc1. The number of rotatable bonds is 5. The van der Waals surface area contributed by atoms with Gasteiger partial charge in [0.05, 0.1) is 6.04 Å². The van der Waals surface area contributed by atoms with E-state index in [1.807, 2.05) is 55.5 Å². The molecule has 1 atom stereocenters. The Labute approximate surface area is 177 Å². The van der Waals surface area contributed by atoms with Gasteiger partial charge in [-0.25, -0.2) is 0 Å². The average Bonchev–Trinajstić information content (AvgIpc) is 3.32. The molecule has 1 fully saturated rings. The first-order valence-electron chi connectivity index (χ1n) is 10.4. The number of benzene rings is 3. The first-order valence-corrected chi connectivity index (χ1v) is 10.4. The molecule has 1 amide bonds. The molecule has 150 valence electrons. The Bertz CT molecular complexity index is 1120. The second kappa shape index (κ2) is 8.84. The summed E-state index contributed by atoms with van der Waals surface area (Å²) in [7, 11) is 0. The molecule has 0 aromatic heterocycles. The number of carbonyl (C=O) groups excluding carboxylic acids is 1. The van der Waals surface area contributed by atoms with Crippen molar-refractivity contribution < 1.29 is 4.79 Å². The van der Waals surface area contributed by atoms with Crippen LogP contribution in [-0.2, 0) is 4.79 Å². The summed E-state index contributed by atoms with van der Waals surface area (Å²) < 4.78 is 0. The molecule has 4 heteroatoms. The van der Waals surface area contributed by atoms with E-state index < -0.39 is 0 Å². The third kappa shape index (κ3) is 4.06. The van der Waals surface area contributed by atoms with Gasteiger partial charge in [0.15, 0.2) is 0 Å². The molecule has 1 heterocycles. The van der Waals surface area contributed by atoms with Crippen LogP contribution in [0.4, 0.5) is 5.69 Å². The predicted molar refractivity (Wildman–Crippen MR) is 122 cm³/mol. The maximum Gasteiger partial charge on any atom is 0.262 e. The number of carbonyl (C=O) groups is 1. The molecule has 30 heavy (non-hydrogen) atoms.